The lowest BCUT2D eigenvalue weighted by Gasteiger charge is -2.40. The van der Waals surface area contributed by atoms with Gasteiger partial charge in [-0.25, -0.2) is 0 Å². The van der Waals surface area contributed by atoms with E-state index in [1.54, 1.807) is 12.8 Å². The van der Waals surface area contributed by atoms with E-state index in [4.69, 9.17) is 4.43 Å². The summed E-state index contributed by atoms with van der Waals surface area (Å²) in [6, 6.07) is 0. The van der Waals surface area contributed by atoms with Crippen LogP contribution in [0.15, 0.2) is 0 Å². The molecule has 2 heteroatoms. The Bertz CT molecular complexity index is 439. The monoisotopic (exact) mass is 262 g/mol. The van der Waals surface area contributed by atoms with E-state index in [1.165, 1.54) is 12.8 Å². The van der Waals surface area contributed by atoms with Gasteiger partial charge in [0.1, 0.15) is 0 Å². The second kappa shape index (κ2) is 2.65. The van der Waals surface area contributed by atoms with Crippen molar-refractivity contribution < 1.29 is 4.43 Å². The Labute approximate surface area is 112 Å². The van der Waals surface area contributed by atoms with Gasteiger partial charge in [0.2, 0.25) is 0 Å². The van der Waals surface area contributed by atoms with Crippen molar-refractivity contribution in [3.8, 4) is 0 Å². The van der Waals surface area contributed by atoms with Crippen LogP contribution in [0.25, 0.3) is 0 Å². The van der Waals surface area contributed by atoms with Crippen LogP contribution >= 0.6 is 0 Å². The smallest absolute Gasteiger partial charge is 0.184 e. The molecule has 0 aromatic carbocycles. The van der Waals surface area contributed by atoms with E-state index in [-0.39, 0.29) is 0 Å². The Morgan fingerprint density at radius 3 is 2.44 bits per heavy atom. The molecule has 2 bridgehead atoms. The quantitative estimate of drug-likeness (QED) is 0.686. The third kappa shape index (κ3) is 0.996. The SMILES string of the molecule is C[C@]12C[C@@]1(O[Si](C)(C)C)[C@H]1C[C@@H]2[C@@H]2C[C@H]3C[C@H]3[C@@H]21. The Balaban J connectivity index is 1.53. The van der Waals surface area contributed by atoms with Crippen molar-refractivity contribution in [1.82, 2.24) is 0 Å². The number of fused-ring (bicyclic) bond motifs is 10. The van der Waals surface area contributed by atoms with Gasteiger partial charge in [-0.3, -0.25) is 0 Å². The lowest BCUT2D eigenvalue weighted by Crippen LogP contribution is -2.44. The molecule has 5 aliphatic carbocycles. The highest BCUT2D eigenvalue weighted by Gasteiger charge is 2.85. The predicted molar refractivity (Wildman–Crippen MR) is 74.7 cm³/mol. The van der Waals surface area contributed by atoms with Crippen LogP contribution in [-0.4, -0.2) is 13.9 Å². The van der Waals surface area contributed by atoms with Crippen molar-refractivity contribution in [2.45, 2.75) is 57.8 Å². The second-order valence-electron chi connectivity index (χ2n) is 9.28. The van der Waals surface area contributed by atoms with Crippen molar-refractivity contribution in [2.75, 3.05) is 0 Å². The van der Waals surface area contributed by atoms with Gasteiger partial charge < -0.3 is 4.43 Å². The molecule has 5 rings (SSSR count). The largest absolute Gasteiger partial charge is 0.411 e. The summed E-state index contributed by atoms with van der Waals surface area (Å²) in [4.78, 5) is 0. The Morgan fingerprint density at radius 1 is 1.00 bits per heavy atom. The zero-order chi connectivity index (χ0) is 12.5. The zero-order valence-corrected chi connectivity index (χ0v) is 13.2. The van der Waals surface area contributed by atoms with Gasteiger partial charge in [0, 0.05) is 5.41 Å². The van der Waals surface area contributed by atoms with Gasteiger partial charge in [0.05, 0.1) is 5.60 Å². The van der Waals surface area contributed by atoms with Crippen LogP contribution in [0, 0.1) is 40.9 Å². The van der Waals surface area contributed by atoms with Gasteiger partial charge in [-0.15, -0.1) is 0 Å². The molecule has 0 unspecified atom stereocenters. The summed E-state index contributed by atoms with van der Waals surface area (Å²) < 4.78 is 6.81. The fraction of sp³-hybridized carbons (Fsp3) is 1.00. The molecule has 0 saturated heterocycles. The van der Waals surface area contributed by atoms with Crippen molar-refractivity contribution in [3.63, 3.8) is 0 Å². The van der Waals surface area contributed by atoms with E-state index in [0.717, 1.165) is 35.5 Å². The Morgan fingerprint density at radius 2 is 1.72 bits per heavy atom. The standard InChI is InChI=1S/C16H26OSi/c1-15-8-16(15,17-18(2,3)4)13-7-12(15)11-6-9-5-10(9)14(11)13/h9-14H,5-8H2,1-4H3/t9-,10-,11+,12-,13+,14+,15-,16-/m1/s1. The first-order valence-corrected chi connectivity index (χ1v) is 11.5. The minimum absolute atomic E-state index is 0.362. The van der Waals surface area contributed by atoms with Gasteiger partial charge >= 0.3 is 0 Å². The molecular weight excluding hydrogens is 236 g/mol. The van der Waals surface area contributed by atoms with Crippen LogP contribution in [0.4, 0.5) is 0 Å². The summed E-state index contributed by atoms with van der Waals surface area (Å²) in [5, 5.41) is 0. The first-order chi connectivity index (χ1) is 8.36. The lowest BCUT2D eigenvalue weighted by molar-refractivity contribution is 0.0184. The molecule has 100 valence electrons. The van der Waals surface area contributed by atoms with Crippen LogP contribution in [0.2, 0.25) is 19.6 Å². The summed E-state index contributed by atoms with van der Waals surface area (Å²) in [5.41, 5.74) is 0.955. The zero-order valence-electron chi connectivity index (χ0n) is 12.2. The van der Waals surface area contributed by atoms with E-state index in [2.05, 4.69) is 26.6 Å². The van der Waals surface area contributed by atoms with Crippen molar-refractivity contribution in [1.29, 1.82) is 0 Å². The second-order valence-corrected chi connectivity index (χ2v) is 13.7. The van der Waals surface area contributed by atoms with E-state index < -0.39 is 8.32 Å². The van der Waals surface area contributed by atoms with Gasteiger partial charge in [-0.1, -0.05) is 6.92 Å². The summed E-state index contributed by atoms with van der Waals surface area (Å²) >= 11 is 0. The average molecular weight is 262 g/mol. The van der Waals surface area contributed by atoms with Crippen LogP contribution in [0.3, 0.4) is 0 Å². The van der Waals surface area contributed by atoms with E-state index in [9.17, 15) is 0 Å². The minimum Gasteiger partial charge on any atom is -0.411 e. The molecular formula is C16H26OSi. The molecule has 0 aliphatic heterocycles. The molecule has 5 fully saturated rings. The topological polar surface area (TPSA) is 9.23 Å². The maximum atomic E-state index is 6.81. The third-order valence-corrected chi connectivity index (χ3v) is 8.38. The fourth-order valence-electron chi connectivity index (χ4n) is 6.98. The highest BCUT2D eigenvalue weighted by Crippen LogP contribution is 2.86. The molecule has 0 N–H and O–H groups in total. The highest BCUT2D eigenvalue weighted by molar-refractivity contribution is 6.69. The maximum absolute atomic E-state index is 6.81. The van der Waals surface area contributed by atoms with Crippen molar-refractivity contribution >= 4 is 8.32 Å². The molecule has 0 amide bonds. The normalized spacial score (nSPS) is 66.7. The van der Waals surface area contributed by atoms with E-state index in [1.807, 2.05) is 0 Å². The molecule has 5 aliphatic rings. The molecule has 1 nitrogen and oxygen atoms in total. The van der Waals surface area contributed by atoms with Gasteiger partial charge in [0.25, 0.3) is 0 Å². The molecule has 0 radical (unpaired) electrons. The molecule has 0 aromatic rings. The highest BCUT2D eigenvalue weighted by atomic mass is 28.4. The molecule has 0 spiro atoms. The fourth-order valence-corrected chi connectivity index (χ4v) is 8.53. The first-order valence-electron chi connectivity index (χ1n) is 8.06. The molecule has 18 heavy (non-hydrogen) atoms. The number of hydrogen-bond acceptors (Lipinski definition) is 1. The van der Waals surface area contributed by atoms with Crippen molar-refractivity contribution in [3.05, 3.63) is 0 Å². The van der Waals surface area contributed by atoms with Crippen LogP contribution in [-0.2, 0) is 4.43 Å². The van der Waals surface area contributed by atoms with Gasteiger partial charge in [-0.2, -0.15) is 0 Å². The van der Waals surface area contributed by atoms with Gasteiger partial charge in [0.15, 0.2) is 8.32 Å². The maximum Gasteiger partial charge on any atom is 0.184 e. The first kappa shape index (κ1) is 10.9. The molecule has 8 atom stereocenters. The Hall–Kier alpha value is 0.177. The lowest BCUT2D eigenvalue weighted by atomic mass is 9.72. The average Bonchev–Trinajstić information content (AvgIpc) is 2.96. The summed E-state index contributed by atoms with van der Waals surface area (Å²) in [5.74, 6) is 6.49. The number of rotatable bonds is 2. The Kier molecular flexibility index (Phi) is 1.61. The van der Waals surface area contributed by atoms with Crippen LogP contribution in [0.1, 0.15) is 32.6 Å². The molecule has 5 saturated carbocycles. The summed E-state index contributed by atoms with van der Waals surface area (Å²) in [6.07, 6.45) is 6.10. The number of hydrogen-bond donors (Lipinski definition) is 0. The predicted octanol–water partition coefficient (Wildman–Crippen LogP) is 3.91. The summed E-state index contributed by atoms with van der Waals surface area (Å²) in [6.45, 7) is 9.73. The van der Waals surface area contributed by atoms with Crippen molar-refractivity contribution in [2.24, 2.45) is 40.9 Å². The third-order valence-electron chi connectivity index (χ3n) is 7.41. The van der Waals surface area contributed by atoms with E-state index >= 15 is 0 Å². The molecule has 0 heterocycles. The van der Waals surface area contributed by atoms with E-state index in [0.29, 0.717) is 11.0 Å². The van der Waals surface area contributed by atoms with Crippen LogP contribution < -0.4 is 0 Å². The van der Waals surface area contributed by atoms with Gasteiger partial charge in [-0.05, 0) is 80.8 Å². The minimum atomic E-state index is -1.39. The summed E-state index contributed by atoms with van der Waals surface area (Å²) in [7, 11) is -1.39. The van der Waals surface area contributed by atoms with Crippen LogP contribution in [0.5, 0.6) is 0 Å². The molecule has 0 aromatic heterocycles.